The third-order valence-corrected chi connectivity index (χ3v) is 5.45. The van der Waals surface area contributed by atoms with E-state index in [-0.39, 0.29) is 5.57 Å². The first-order valence-electron chi connectivity index (χ1n) is 10.3. The normalized spacial score (nSPS) is 11.1. The van der Waals surface area contributed by atoms with Gasteiger partial charge in [0.15, 0.2) is 0 Å². The number of amides is 1. The molecule has 0 unspecified atom stereocenters. The first kappa shape index (κ1) is 23.1. The van der Waals surface area contributed by atoms with Crippen molar-refractivity contribution >= 4 is 29.3 Å². The lowest BCUT2D eigenvalue weighted by atomic mass is 10.0. The Balaban J connectivity index is 1.69. The van der Waals surface area contributed by atoms with E-state index in [1.807, 2.05) is 37.3 Å². The van der Waals surface area contributed by atoms with E-state index in [0.29, 0.717) is 17.3 Å². The van der Waals surface area contributed by atoms with Crippen LogP contribution in [0.3, 0.4) is 0 Å². The number of nitriles is 1. The molecule has 5 heteroatoms. The van der Waals surface area contributed by atoms with E-state index >= 15 is 0 Å². The third-order valence-electron chi connectivity index (χ3n) is 5.22. The second-order valence-electron chi connectivity index (χ2n) is 7.82. The van der Waals surface area contributed by atoms with Gasteiger partial charge in [0.1, 0.15) is 24.0 Å². The standard InChI is InChI=1S/C27H25ClN2O2/c1-17-11-18(2)25(19(3)12-17)16-32-24-8-5-21(6-9-24)14-22(15-29)27(31)30-26-10-7-23(28)13-20(26)4/h5-14H,16H2,1-4H3,(H,30,31)/b22-14+. The van der Waals surface area contributed by atoms with Crippen LogP contribution in [-0.4, -0.2) is 5.91 Å². The highest BCUT2D eigenvalue weighted by atomic mass is 35.5. The summed E-state index contributed by atoms with van der Waals surface area (Å²) in [6, 6.07) is 18.8. The van der Waals surface area contributed by atoms with Crippen LogP contribution in [0.1, 0.15) is 33.4 Å². The fourth-order valence-electron chi connectivity index (χ4n) is 3.53. The van der Waals surface area contributed by atoms with Crippen molar-refractivity contribution in [3.05, 3.63) is 98.6 Å². The Bertz CT molecular complexity index is 1200. The summed E-state index contributed by atoms with van der Waals surface area (Å²) in [7, 11) is 0. The van der Waals surface area contributed by atoms with E-state index in [4.69, 9.17) is 16.3 Å². The average molecular weight is 445 g/mol. The molecule has 0 aliphatic heterocycles. The molecule has 1 N–H and O–H groups in total. The van der Waals surface area contributed by atoms with Gasteiger partial charge in [-0.2, -0.15) is 5.26 Å². The monoisotopic (exact) mass is 444 g/mol. The topological polar surface area (TPSA) is 62.1 Å². The second kappa shape index (κ2) is 10.2. The van der Waals surface area contributed by atoms with Gasteiger partial charge in [-0.3, -0.25) is 4.79 Å². The Morgan fingerprint density at radius 3 is 2.25 bits per heavy atom. The van der Waals surface area contributed by atoms with Gasteiger partial charge in [-0.1, -0.05) is 41.4 Å². The fraction of sp³-hybridized carbons (Fsp3) is 0.185. The van der Waals surface area contributed by atoms with Gasteiger partial charge in [0.2, 0.25) is 0 Å². The number of hydrogen-bond donors (Lipinski definition) is 1. The van der Waals surface area contributed by atoms with Gasteiger partial charge in [0.05, 0.1) is 0 Å². The summed E-state index contributed by atoms with van der Waals surface area (Å²) in [5, 5.41) is 12.8. The SMILES string of the molecule is Cc1cc(C)c(COc2ccc(/C=C(\C#N)C(=O)Nc3ccc(Cl)cc3C)cc2)c(C)c1. The molecular weight excluding hydrogens is 420 g/mol. The van der Waals surface area contributed by atoms with Crippen LogP contribution < -0.4 is 10.1 Å². The molecule has 0 spiro atoms. The Kier molecular flexibility index (Phi) is 7.35. The van der Waals surface area contributed by atoms with Crippen molar-refractivity contribution in [3.63, 3.8) is 0 Å². The number of rotatable bonds is 6. The molecular formula is C27H25ClN2O2. The van der Waals surface area contributed by atoms with Crippen LogP contribution in [0.15, 0.2) is 60.2 Å². The van der Waals surface area contributed by atoms with E-state index < -0.39 is 5.91 Å². The summed E-state index contributed by atoms with van der Waals surface area (Å²) in [4.78, 5) is 12.5. The van der Waals surface area contributed by atoms with Gasteiger partial charge >= 0.3 is 0 Å². The molecule has 0 fully saturated rings. The molecule has 0 saturated heterocycles. The molecule has 1 amide bonds. The molecule has 0 heterocycles. The smallest absolute Gasteiger partial charge is 0.266 e. The molecule has 0 aliphatic rings. The molecule has 0 atom stereocenters. The Morgan fingerprint density at radius 1 is 1.00 bits per heavy atom. The predicted octanol–water partition coefficient (Wildman–Crippen LogP) is 6.70. The Labute approximate surface area is 194 Å². The van der Waals surface area contributed by atoms with E-state index in [0.717, 1.165) is 16.9 Å². The van der Waals surface area contributed by atoms with Crippen LogP contribution in [0.4, 0.5) is 5.69 Å². The molecule has 3 aromatic carbocycles. The van der Waals surface area contributed by atoms with Gasteiger partial charge in [0, 0.05) is 10.7 Å². The van der Waals surface area contributed by atoms with Gasteiger partial charge in [0.25, 0.3) is 5.91 Å². The largest absolute Gasteiger partial charge is 0.489 e. The number of hydrogen-bond acceptors (Lipinski definition) is 3. The van der Waals surface area contributed by atoms with Gasteiger partial charge in [-0.25, -0.2) is 0 Å². The first-order valence-corrected chi connectivity index (χ1v) is 10.6. The number of halogens is 1. The molecule has 0 bridgehead atoms. The molecule has 0 radical (unpaired) electrons. The van der Waals surface area contributed by atoms with Crippen molar-refractivity contribution in [2.45, 2.75) is 34.3 Å². The lowest BCUT2D eigenvalue weighted by Crippen LogP contribution is -2.14. The number of carbonyl (C=O) groups excluding carboxylic acids is 1. The van der Waals surface area contributed by atoms with Crippen molar-refractivity contribution in [1.82, 2.24) is 0 Å². The van der Waals surface area contributed by atoms with Crippen LogP contribution in [0.5, 0.6) is 5.75 Å². The Hall–Kier alpha value is -3.55. The van der Waals surface area contributed by atoms with Gasteiger partial charge in [-0.15, -0.1) is 0 Å². The van der Waals surface area contributed by atoms with E-state index in [1.165, 1.54) is 22.3 Å². The summed E-state index contributed by atoms with van der Waals surface area (Å²) in [6.07, 6.45) is 1.55. The molecule has 3 rings (SSSR count). The summed E-state index contributed by atoms with van der Waals surface area (Å²) in [5.74, 6) is 0.254. The number of aryl methyl sites for hydroxylation is 4. The van der Waals surface area contributed by atoms with E-state index in [1.54, 1.807) is 24.3 Å². The van der Waals surface area contributed by atoms with Crippen molar-refractivity contribution in [1.29, 1.82) is 5.26 Å². The van der Waals surface area contributed by atoms with Crippen molar-refractivity contribution in [2.75, 3.05) is 5.32 Å². The lowest BCUT2D eigenvalue weighted by Gasteiger charge is -2.13. The van der Waals surface area contributed by atoms with Crippen LogP contribution >= 0.6 is 11.6 Å². The number of anilines is 1. The quantitative estimate of drug-likeness (QED) is 0.340. The minimum atomic E-state index is -0.469. The third kappa shape index (κ3) is 5.78. The molecule has 0 saturated carbocycles. The minimum absolute atomic E-state index is 0.0129. The molecule has 162 valence electrons. The van der Waals surface area contributed by atoms with Crippen molar-refractivity contribution < 1.29 is 9.53 Å². The summed E-state index contributed by atoms with van der Waals surface area (Å²) in [6.45, 7) is 8.59. The minimum Gasteiger partial charge on any atom is -0.489 e. The number of ether oxygens (including phenoxy) is 1. The number of benzene rings is 3. The number of nitrogens with zero attached hydrogens (tertiary/aromatic N) is 1. The van der Waals surface area contributed by atoms with Crippen LogP contribution in [0.25, 0.3) is 6.08 Å². The average Bonchev–Trinajstić information content (AvgIpc) is 2.74. The summed E-state index contributed by atoms with van der Waals surface area (Å²) < 4.78 is 5.95. The van der Waals surface area contributed by atoms with Crippen LogP contribution in [0, 0.1) is 39.0 Å². The molecule has 3 aromatic rings. The zero-order valence-electron chi connectivity index (χ0n) is 18.6. The molecule has 4 nitrogen and oxygen atoms in total. The highest BCUT2D eigenvalue weighted by Gasteiger charge is 2.11. The molecule has 32 heavy (non-hydrogen) atoms. The second-order valence-corrected chi connectivity index (χ2v) is 8.25. The zero-order valence-corrected chi connectivity index (χ0v) is 19.4. The van der Waals surface area contributed by atoms with Crippen LogP contribution in [-0.2, 0) is 11.4 Å². The number of carbonyl (C=O) groups is 1. The van der Waals surface area contributed by atoms with Crippen molar-refractivity contribution in [2.24, 2.45) is 0 Å². The fourth-order valence-corrected chi connectivity index (χ4v) is 3.75. The molecule has 0 aromatic heterocycles. The maximum absolute atomic E-state index is 12.5. The zero-order chi connectivity index (χ0) is 23.3. The summed E-state index contributed by atoms with van der Waals surface area (Å²) in [5.41, 5.74) is 7.03. The first-order chi connectivity index (χ1) is 15.3. The maximum atomic E-state index is 12.5. The van der Waals surface area contributed by atoms with E-state index in [9.17, 15) is 10.1 Å². The highest BCUT2D eigenvalue weighted by molar-refractivity contribution is 6.30. The Morgan fingerprint density at radius 2 is 1.66 bits per heavy atom. The summed E-state index contributed by atoms with van der Waals surface area (Å²) >= 11 is 5.96. The predicted molar refractivity (Wildman–Crippen MR) is 130 cm³/mol. The highest BCUT2D eigenvalue weighted by Crippen LogP contribution is 2.22. The molecule has 0 aliphatic carbocycles. The van der Waals surface area contributed by atoms with Crippen LogP contribution in [0.2, 0.25) is 5.02 Å². The van der Waals surface area contributed by atoms with Crippen molar-refractivity contribution in [3.8, 4) is 11.8 Å². The van der Waals surface area contributed by atoms with Gasteiger partial charge in [-0.05, 0) is 91.9 Å². The maximum Gasteiger partial charge on any atom is 0.266 e. The van der Waals surface area contributed by atoms with E-state index in [2.05, 4.69) is 38.2 Å². The number of nitrogens with one attached hydrogen (secondary N) is 1. The van der Waals surface area contributed by atoms with Gasteiger partial charge < -0.3 is 10.1 Å². The lowest BCUT2D eigenvalue weighted by molar-refractivity contribution is -0.112.